The molecule has 3 heteroatoms. The summed E-state index contributed by atoms with van der Waals surface area (Å²) in [6.45, 7) is 2.28. The number of aliphatic hydroxyl groups excluding tert-OH is 1. The third-order valence-electron chi connectivity index (χ3n) is 2.29. The van der Waals surface area contributed by atoms with E-state index >= 15 is 0 Å². The molecule has 0 fully saturated rings. The number of thiazole rings is 1. The van der Waals surface area contributed by atoms with Crippen molar-refractivity contribution in [2.45, 2.75) is 13.3 Å². The highest BCUT2D eigenvalue weighted by Crippen LogP contribution is 2.27. The summed E-state index contributed by atoms with van der Waals surface area (Å²) in [5, 5.41) is 9.87. The van der Waals surface area contributed by atoms with Gasteiger partial charge in [0.25, 0.3) is 0 Å². The molecule has 15 heavy (non-hydrogen) atoms. The molecule has 2 nitrogen and oxygen atoms in total. The lowest BCUT2D eigenvalue weighted by atomic mass is 10.1. The van der Waals surface area contributed by atoms with Crippen molar-refractivity contribution in [2.75, 3.05) is 6.61 Å². The topological polar surface area (TPSA) is 33.1 Å². The molecule has 0 aliphatic rings. The predicted molar refractivity (Wildman–Crippen MR) is 63.1 cm³/mol. The van der Waals surface area contributed by atoms with E-state index in [9.17, 15) is 0 Å². The standard InChI is InChI=1S/C12H13NOS/c1-9-4-2-3-5-11(9)12-13-8-10(15-12)6-7-14/h2-5,8,14H,6-7H2,1H3. The van der Waals surface area contributed by atoms with E-state index in [1.54, 1.807) is 11.3 Å². The molecular weight excluding hydrogens is 206 g/mol. The number of aliphatic hydroxyl groups is 1. The Kier molecular flexibility index (Phi) is 3.14. The first-order valence-corrected chi connectivity index (χ1v) is 5.74. The van der Waals surface area contributed by atoms with E-state index in [2.05, 4.69) is 24.0 Å². The van der Waals surface area contributed by atoms with Crippen LogP contribution in [0.15, 0.2) is 30.5 Å². The number of hydrogen-bond donors (Lipinski definition) is 1. The van der Waals surface area contributed by atoms with Crippen LogP contribution >= 0.6 is 11.3 Å². The molecule has 2 aromatic rings. The first-order valence-electron chi connectivity index (χ1n) is 4.93. The van der Waals surface area contributed by atoms with Gasteiger partial charge in [0.15, 0.2) is 0 Å². The van der Waals surface area contributed by atoms with Crippen molar-refractivity contribution < 1.29 is 5.11 Å². The zero-order valence-corrected chi connectivity index (χ0v) is 9.42. The summed E-state index contributed by atoms with van der Waals surface area (Å²) in [4.78, 5) is 5.51. The lowest BCUT2D eigenvalue weighted by molar-refractivity contribution is 0.300. The summed E-state index contributed by atoms with van der Waals surface area (Å²) in [5.41, 5.74) is 2.43. The first kappa shape index (κ1) is 10.3. The Hall–Kier alpha value is -1.19. The zero-order valence-electron chi connectivity index (χ0n) is 8.60. The van der Waals surface area contributed by atoms with Gasteiger partial charge in [0.2, 0.25) is 0 Å². The molecule has 1 N–H and O–H groups in total. The Morgan fingerprint density at radius 3 is 2.87 bits per heavy atom. The van der Waals surface area contributed by atoms with E-state index in [0.29, 0.717) is 6.42 Å². The molecule has 0 atom stereocenters. The molecular formula is C12H13NOS. The predicted octanol–water partition coefficient (Wildman–Crippen LogP) is 2.65. The van der Waals surface area contributed by atoms with Crippen LogP contribution < -0.4 is 0 Å². The molecule has 0 saturated carbocycles. The van der Waals surface area contributed by atoms with Gasteiger partial charge >= 0.3 is 0 Å². The average molecular weight is 219 g/mol. The molecule has 0 aliphatic heterocycles. The number of aromatic nitrogens is 1. The Morgan fingerprint density at radius 2 is 2.13 bits per heavy atom. The van der Waals surface area contributed by atoms with Gasteiger partial charge in [-0.1, -0.05) is 24.3 Å². The van der Waals surface area contributed by atoms with Crippen LogP contribution in [0.5, 0.6) is 0 Å². The fourth-order valence-corrected chi connectivity index (χ4v) is 2.46. The van der Waals surface area contributed by atoms with Crippen molar-refractivity contribution in [1.29, 1.82) is 0 Å². The van der Waals surface area contributed by atoms with Gasteiger partial charge in [-0.25, -0.2) is 4.98 Å². The maximum atomic E-state index is 8.83. The molecule has 0 aliphatic carbocycles. The van der Waals surface area contributed by atoms with Gasteiger partial charge in [0.1, 0.15) is 5.01 Å². The quantitative estimate of drug-likeness (QED) is 0.861. The number of aryl methyl sites for hydroxylation is 1. The molecule has 2 rings (SSSR count). The second kappa shape index (κ2) is 4.55. The van der Waals surface area contributed by atoms with Gasteiger partial charge in [-0.3, -0.25) is 0 Å². The minimum Gasteiger partial charge on any atom is -0.396 e. The average Bonchev–Trinajstić information content (AvgIpc) is 2.68. The Morgan fingerprint density at radius 1 is 1.33 bits per heavy atom. The second-order valence-corrected chi connectivity index (χ2v) is 4.54. The lowest BCUT2D eigenvalue weighted by Crippen LogP contribution is -1.84. The van der Waals surface area contributed by atoms with Crippen LogP contribution in [0, 0.1) is 6.92 Å². The number of rotatable bonds is 3. The molecule has 0 unspecified atom stereocenters. The van der Waals surface area contributed by atoms with Gasteiger partial charge < -0.3 is 5.11 Å². The van der Waals surface area contributed by atoms with E-state index in [-0.39, 0.29) is 6.61 Å². The second-order valence-electron chi connectivity index (χ2n) is 3.42. The summed E-state index contributed by atoms with van der Waals surface area (Å²) in [6.07, 6.45) is 2.55. The third kappa shape index (κ3) is 2.25. The number of benzene rings is 1. The van der Waals surface area contributed by atoms with Crippen LogP contribution in [-0.4, -0.2) is 16.7 Å². The van der Waals surface area contributed by atoms with E-state index in [1.165, 1.54) is 11.1 Å². The highest BCUT2D eigenvalue weighted by Gasteiger charge is 2.06. The van der Waals surface area contributed by atoms with Crippen LogP contribution in [0.3, 0.4) is 0 Å². The SMILES string of the molecule is Cc1ccccc1-c1ncc(CCO)s1. The van der Waals surface area contributed by atoms with E-state index in [4.69, 9.17) is 5.11 Å². The van der Waals surface area contributed by atoms with Gasteiger partial charge in [-0.2, -0.15) is 0 Å². The van der Waals surface area contributed by atoms with Gasteiger partial charge in [-0.15, -0.1) is 11.3 Å². The van der Waals surface area contributed by atoms with Crippen LogP contribution in [0.4, 0.5) is 0 Å². The summed E-state index contributed by atoms with van der Waals surface area (Å²) in [7, 11) is 0. The summed E-state index contributed by atoms with van der Waals surface area (Å²) in [5.74, 6) is 0. The first-order chi connectivity index (χ1) is 7.31. The van der Waals surface area contributed by atoms with Crippen LogP contribution in [0.1, 0.15) is 10.4 Å². The molecule has 1 aromatic heterocycles. The fraction of sp³-hybridized carbons (Fsp3) is 0.250. The van der Waals surface area contributed by atoms with Crippen molar-refractivity contribution in [3.8, 4) is 10.6 Å². The number of hydrogen-bond acceptors (Lipinski definition) is 3. The van der Waals surface area contributed by atoms with Crippen LogP contribution in [-0.2, 0) is 6.42 Å². The highest BCUT2D eigenvalue weighted by molar-refractivity contribution is 7.15. The van der Waals surface area contributed by atoms with Crippen molar-refractivity contribution in [2.24, 2.45) is 0 Å². The Labute approximate surface area is 93.2 Å². The summed E-state index contributed by atoms with van der Waals surface area (Å²) in [6, 6.07) is 8.22. The van der Waals surface area contributed by atoms with Crippen molar-refractivity contribution in [3.05, 3.63) is 40.9 Å². The number of nitrogens with zero attached hydrogens (tertiary/aromatic N) is 1. The summed E-state index contributed by atoms with van der Waals surface area (Å²) < 4.78 is 0. The van der Waals surface area contributed by atoms with Crippen molar-refractivity contribution in [3.63, 3.8) is 0 Å². The molecule has 0 amide bonds. The van der Waals surface area contributed by atoms with Gasteiger partial charge in [0.05, 0.1) is 0 Å². The molecule has 78 valence electrons. The fourth-order valence-electron chi connectivity index (χ4n) is 1.47. The Bertz CT molecular complexity index is 450. The smallest absolute Gasteiger partial charge is 0.123 e. The van der Waals surface area contributed by atoms with Crippen LogP contribution in [0.25, 0.3) is 10.6 Å². The minimum atomic E-state index is 0.190. The highest BCUT2D eigenvalue weighted by atomic mass is 32.1. The normalized spacial score (nSPS) is 10.5. The monoisotopic (exact) mass is 219 g/mol. The van der Waals surface area contributed by atoms with Crippen molar-refractivity contribution >= 4 is 11.3 Å². The van der Waals surface area contributed by atoms with Crippen molar-refractivity contribution in [1.82, 2.24) is 4.98 Å². The summed E-state index contributed by atoms with van der Waals surface area (Å²) >= 11 is 1.65. The Balaban J connectivity index is 2.33. The minimum absolute atomic E-state index is 0.190. The zero-order chi connectivity index (χ0) is 10.7. The van der Waals surface area contributed by atoms with Gasteiger partial charge in [-0.05, 0) is 12.5 Å². The molecule has 1 heterocycles. The third-order valence-corrected chi connectivity index (χ3v) is 3.38. The molecule has 0 saturated heterocycles. The maximum Gasteiger partial charge on any atom is 0.123 e. The maximum absolute atomic E-state index is 8.83. The largest absolute Gasteiger partial charge is 0.396 e. The van der Waals surface area contributed by atoms with Crippen LogP contribution in [0.2, 0.25) is 0 Å². The molecule has 0 spiro atoms. The van der Waals surface area contributed by atoms with E-state index < -0.39 is 0 Å². The molecule has 0 bridgehead atoms. The van der Waals surface area contributed by atoms with Gasteiger partial charge in [0, 0.05) is 29.7 Å². The van der Waals surface area contributed by atoms with E-state index in [1.807, 2.05) is 18.3 Å². The molecule has 1 aromatic carbocycles. The molecule has 0 radical (unpaired) electrons. The van der Waals surface area contributed by atoms with E-state index in [0.717, 1.165) is 9.88 Å². The lowest BCUT2D eigenvalue weighted by Gasteiger charge is -1.99.